The quantitative estimate of drug-likeness (QED) is 0.524. The van der Waals surface area contributed by atoms with Crippen molar-refractivity contribution in [1.29, 1.82) is 0 Å². The topological polar surface area (TPSA) is 105 Å². The number of carboxylic acids is 1. The molecular weight excluding hydrogens is 236 g/mol. The van der Waals surface area contributed by atoms with E-state index in [4.69, 9.17) is 9.84 Å². The lowest BCUT2D eigenvalue weighted by Crippen LogP contribution is -2.48. The Kier molecular flexibility index (Phi) is 5.13. The van der Waals surface area contributed by atoms with E-state index in [9.17, 15) is 13.2 Å². The van der Waals surface area contributed by atoms with Crippen LogP contribution in [-0.2, 0) is 19.6 Å². The molecule has 1 unspecified atom stereocenters. The van der Waals surface area contributed by atoms with Crippen molar-refractivity contribution in [3.8, 4) is 0 Å². The average Bonchev–Trinajstić information content (AvgIpc) is 2.26. The molecule has 94 valence electrons. The van der Waals surface area contributed by atoms with Gasteiger partial charge in [0.2, 0.25) is 10.0 Å². The third-order valence-electron chi connectivity index (χ3n) is 2.13. The fourth-order valence-corrected chi connectivity index (χ4v) is 2.32. The molecule has 3 N–H and O–H groups in total. The van der Waals surface area contributed by atoms with Crippen LogP contribution in [0.5, 0.6) is 0 Å². The highest BCUT2D eigenvalue weighted by atomic mass is 32.2. The zero-order valence-corrected chi connectivity index (χ0v) is 9.62. The fraction of sp³-hybridized carbons (Fsp3) is 0.875. The number of aliphatic carboxylic acids is 1. The molecule has 1 aliphatic heterocycles. The molecule has 0 aromatic carbocycles. The van der Waals surface area contributed by atoms with Gasteiger partial charge in [-0.2, -0.15) is 0 Å². The molecule has 8 heteroatoms. The molecule has 1 heterocycles. The maximum atomic E-state index is 11.3. The maximum absolute atomic E-state index is 11.3. The van der Waals surface area contributed by atoms with E-state index < -0.39 is 21.7 Å². The molecule has 16 heavy (non-hydrogen) atoms. The number of sulfonamides is 1. The van der Waals surface area contributed by atoms with E-state index >= 15 is 0 Å². The molecule has 1 saturated heterocycles. The minimum Gasteiger partial charge on any atom is -0.481 e. The summed E-state index contributed by atoms with van der Waals surface area (Å²) >= 11 is 0. The van der Waals surface area contributed by atoms with Gasteiger partial charge in [0.25, 0.3) is 0 Å². The molecule has 0 aliphatic carbocycles. The van der Waals surface area contributed by atoms with Gasteiger partial charge in [0, 0.05) is 19.1 Å². The lowest BCUT2D eigenvalue weighted by molar-refractivity contribution is -0.136. The molecule has 0 bridgehead atoms. The highest BCUT2D eigenvalue weighted by Gasteiger charge is 2.17. The van der Waals surface area contributed by atoms with Crippen molar-refractivity contribution in [3.63, 3.8) is 0 Å². The van der Waals surface area contributed by atoms with E-state index in [0.717, 1.165) is 0 Å². The van der Waals surface area contributed by atoms with Crippen LogP contribution in [0.1, 0.15) is 6.42 Å². The van der Waals surface area contributed by atoms with Gasteiger partial charge in [-0.05, 0) is 0 Å². The van der Waals surface area contributed by atoms with Crippen LogP contribution in [0.2, 0.25) is 0 Å². The zero-order chi connectivity index (χ0) is 12.0. The second kappa shape index (κ2) is 6.14. The van der Waals surface area contributed by atoms with Crippen molar-refractivity contribution < 1.29 is 23.1 Å². The number of carboxylic acid groups (broad SMARTS) is 1. The van der Waals surface area contributed by atoms with Crippen LogP contribution in [0.25, 0.3) is 0 Å². The summed E-state index contributed by atoms with van der Waals surface area (Å²) in [6, 6.07) is -0.0478. The number of nitrogens with one attached hydrogen (secondary N) is 2. The normalized spacial score (nSPS) is 21.9. The molecule has 0 spiro atoms. The first-order valence-electron chi connectivity index (χ1n) is 5.00. The van der Waals surface area contributed by atoms with Gasteiger partial charge in [-0.1, -0.05) is 0 Å². The molecule has 1 fully saturated rings. The molecule has 0 aromatic rings. The first-order valence-corrected chi connectivity index (χ1v) is 6.65. The molecule has 0 aromatic heterocycles. The number of ether oxygens (including phenoxy) is 1. The third kappa shape index (κ3) is 5.40. The van der Waals surface area contributed by atoms with Crippen molar-refractivity contribution in [2.75, 3.05) is 32.1 Å². The van der Waals surface area contributed by atoms with Crippen LogP contribution >= 0.6 is 0 Å². The van der Waals surface area contributed by atoms with Gasteiger partial charge in [0.05, 0.1) is 25.4 Å². The summed E-state index contributed by atoms with van der Waals surface area (Å²) in [6.07, 6.45) is -0.385. The van der Waals surface area contributed by atoms with E-state index in [1.807, 2.05) is 0 Å². The molecule has 7 nitrogen and oxygen atoms in total. The van der Waals surface area contributed by atoms with E-state index in [-0.39, 0.29) is 19.0 Å². The summed E-state index contributed by atoms with van der Waals surface area (Å²) in [5.74, 6) is -1.51. The monoisotopic (exact) mass is 252 g/mol. The summed E-state index contributed by atoms with van der Waals surface area (Å²) in [5, 5.41) is 11.5. The van der Waals surface area contributed by atoms with Crippen LogP contribution in [0, 0.1) is 0 Å². The Hall–Kier alpha value is -0.700. The van der Waals surface area contributed by atoms with Crippen molar-refractivity contribution >= 4 is 16.0 Å². The van der Waals surface area contributed by atoms with E-state index in [2.05, 4.69) is 10.0 Å². The molecule has 0 radical (unpaired) electrons. The third-order valence-corrected chi connectivity index (χ3v) is 3.48. The Labute approximate surface area is 94.2 Å². The van der Waals surface area contributed by atoms with E-state index in [0.29, 0.717) is 19.8 Å². The summed E-state index contributed by atoms with van der Waals surface area (Å²) in [7, 11) is -3.50. The van der Waals surface area contributed by atoms with Gasteiger partial charge in [-0.25, -0.2) is 13.1 Å². The number of carbonyl (C=O) groups is 1. The van der Waals surface area contributed by atoms with Gasteiger partial charge in [-0.3, -0.25) is 4.79 Å². The van der Waals surface area contributed by atoms with Crippen LogP contribution < -0.4 is 10.0 Å². The first kappa shape index (κ1) is 13.4. The maximum Gasteiger partial charge on any atom is 0.304 e. The van der Waals surface area contributed by atoms with Crippen molar-refractivity contribution in [1.82, 2.24) is 10.0 Å². The minimum absolute atomic E-state index is 0.0478. The van der Waals surface area contributed by atoms with Crippen molar-refractivity contribution in [2.24, 2.45) is 0 Å². The van der Waals surface area contributed by atoms with Crippen LogP contribution in [-0.4, -0.2) is 57.6 Å². The van der Waals surface area contributed by atoms with Crippen LogP contribution in [0.3, 0.4) is 0 Å². The van der Waals surface area contributed by atoms with Gasteiger partial charge < -0.3 is 15.2 Å². The fourth-order valence-electron chi connectivity index (χ4n) is 1.27. The zero-order valence-electron chi connectivity index (χ0n) is 8.81. The number of hydrogen-bond acceptors (Lipinski definition) is 5. The Balaban J connectivity index is 2.26. The molecule has 1 aliphatic rings. The van der Waals surface area contributed by atoms with E-state index in [1.165, 1.54) is 0 Å². The standard InChI is InChI=1S/C8H16N2O5S/c11-8(12)1-4-16(13,14)10-5-7-6-15-3-2-9-7/h7,9-10H,1-6H2,(H,11,12). The lowest BCUT2D eigenvalue weighted by Gasteiger charge is -2.23. The Morgan fingerprint density at radius 1 is 1.56 bits per heavy atom. The highest BCUT2D eigenvalue weighted by Crippen LogP contribution is 1.94. The smallest absolute Gasteiger partial charge is 0.304 e. The second-order valence-corrected chi connectivity index (χ2v) is 5.46. The second-order valence-electron chi connectivity index (χ2n) is 3.54. The van der Waals surface area contributed by atoms with Gasteiger partial charge >= 0.3 is 5.97 Å². The predicted molar refractivity (Wildman–Crippen MR) is 56.7 cm³/mol. The highest BCUT2D eigenvalue weighted by molar-refractivity contribution is 7.89. The summed E-state index contributed by atoms with van der Waals surface area (Å²) in [5.41, 5.74) is 0. The molecular formula is C8H16N2O5S. The van der Waals surface area contributed by atoms with Crippen molar-refractivity contribution in [2.45, 2.75) is 12.5 Å². The Morgan fingerprint density at radius 3 is 2.88 bits per heavy atom. The molecule has 1 atom stereocenters. The largest absolute Gasteiger partial charge is 0.481 e. The Morgan fingerprint density at radius 2 is 2.31 bits per heavy atom. The first-order chi connectivity index (χ1) is 7.49. The van der Waals surface area contributed by atoms with E-state index in [1.54, 1.807) is 0 Å². The SMILES string of the molecule is O=C(O)CCS(=O)(=O)NCC1COCCN1. The number of hydrogen-bond donors (Lipinski definition) is 3. The summed E-state index contributed by atoms with van der Waals surface area (Å²) in [6.45, 7) is 2.01. The molecule has 1 rings (SSSR count). The molecule has 0 saturated carbocycles. The minimum atomic E-state index is -3.50. The lowest BCUT2D eigenvalue weighted by atomic mass is 10.3. The Bertz CT molecular complexity index is 323. The average molecular weight is 252 g/mol. The number of morpholine rings is 1. The van der Waals surface area contributed by atoms with Gasteiger partial charge in [0.15, 0.2) is 0 Å². The van der Waals surface area contributed by atoms with Gasteiger partial charge in [0.1, 0.15) is 0 Å². The van der Waals surface area contributed by atoms with Crippen LogP contribution in [0.4, 0.5) is 0 Å². The summed E-state index contributed by atoms with van der Waals surface area (Å²) in [4.78, 5) is 10.2. The van der Waals surface area contributed by atoms with Crippen LogP contribution in [0.15, 0.2) is 0 Å². The summed E-state index contributed by atoms with van der Waals surface area (Å²) < 4.78 is 30.2. The van der Waals surface area contributed by atoms with Crippen molar-refractivity contribution in [3.05, 3.63) is 0 Å². The number of rotatable bonds is 6. The predicted octanol–water partition coefficient (Wildman–Crippen LogP) is -1.63. The van der Waals surface area contributed by atoms with Gasteiger partial charge in [-0.15, -0.1) is 0 Å². The molecule has 0 amide bonds.